The van der Waals surface area contributed by atoms with E-state index in [0.717, 1.165) is 0 Å². The standard InChI is InChI=1S/2C6H6Cl3N3/c2*7-1-4-10-5(2-8)12-6(3-9)11-4/h2*1-3H2. The average molecular weight is 453 g/mol. The van der Waals surface area contributed by atoms with E-state index >= 15 is 0 Å². The van der Waals surface area contributed by atoms with Gasteiger partial charge in [-0.1, -0.05) is 0 Å². The number of nitrogens with zero attached hydrogens (tertiary/aromatic N) is 6. The predicted molar refractivity (Wildman–Crippen MR) is 97.0 cm³/mol. The normalized spacial score (nSPS) is 10.2. The molecule has 6 nitrogen and oxygen atoms in total. The second-order valence-electron chi connectivity index (χ2n) is 3.97. The van der Waals surface area contributed by atoms with Crippen LogP contribution in [0.15, 0.2) is 0 Å². The number of hydrogen-bond acceptors (Lipinski definition) is 6. The number of hydrogen-bond donors (Lipinski definition) is 0. The summed E-state index contributed by atoms with van der Waals surface area (Å²) < 4.78 is 0. The van der Waals surface area contributed by atoms with Crippen molar-refractivity contribution in [3.05, 3.63) is 34.9 Å². The molecular formula is C12H12Cl6N6. The molecule has 2 rings (SSSR count). The predicted octanol–water partition coefficient (Wildman–Crippen LogP) is 4.18. The highest BCUT2D eigenvalue weighted by molar-refractivity contribution is 6.18. The van der Waals surface area contributed by atoms with Crippen molar-refractivity contribution in [2.45, 2.75) is 35.3 Å². The quantitative estimate of drug-likeness (QED) is 0.612. The molecule has 0 atom stereocenters. The second-order valence-corrected chi connectivity index (χ2v) is 5.57. The molecular weight excluding hydrogens is 441 g/mol. The molecule has 0 spiro atoms. The molecule has 132 valence electrons. The number of alkyl halides is 6. The number of rotatable bonds is 6. The van der Waals surface area contributed by atoms with Crippen LogP contribution < -0.4 is 0 Å². The molecule has 0 aromatic carbocycles. The van der Waals surface area contributed by atoms with Crippen molar-refractivity contribution in [1.29, 1.82) is 0 Å². The molecule has 0 saturated heterocycles. The Kier molecular flexibility index (Phi) is 11.1. The highest BCUT2D eigenvalue weighted by atomic mass is 35.5. The molecule has 0 radical (unpaired) electrons. The van der Waals surface area contributed by atoms with Crippen LogP contribution in [0.5, 0.6) is 0 Å². The largest absolute Gasteiger partial charge is 0.215 e. The molecule has 12 heteroatoms. The summed E-state index contributed by atoms with van der Waals surface area (Å²) in [7, 11) is 0. The van der Waals surface area contributed by atoms with Crippen LogP contribution in [0.4, 0.5) is 0 Å². The van der Waals surface area contributed by atoms with Crippen LogP contribution in [0.1, 0.15) is 34.9 Å². The molecule has 2 aromatic heterocycles. The molecule has 2 heterocycles. The van der Waals surface area contributed by atoms with Gasteiger partial charge in [0.25, 0.3) is 0 Å². The minimum Gasteiger partial charge on any atom is -0.215 e. The number of aromatic nitrogens is 6. The van der Waals surface area contributed by atoms with E-state index in [1.54, 1.807) is 0 Å². The Bertz CT molecular complexity index is 477. The fraction of sp³-hybridized carbons (Fsp3) is 0.500. The van der Waals surface area contributed by atoms with E-state index in [9.17, 15) is 0 Å². The molecule has 0 saturated carbocycles. The van der Waals surface area contributed by atoms with Gasteiger partial charge in [-0.15, -0.1) is 69.6 Å². The van der Waals surface area contributed by atoms with Crippen LogP contribution in [-0.2, 0) is 35.3 Å². The Morgan fingerprint density at radius 2 is 0.458 bits per heavy atom. The van der Waals surface area contributed by atoms with Gasteiger partial charge in [0.1, 0.15) is 34.9 Å². The van der Waals surface area contributed by atoms with Gasteiger partial charge in [-0.2, -0.15) is 0 Å². The van der Waals surface area contributed by atoms with Crippen molar-refractivity contribution in [2.75, 3.05) is 0 Å². The SMILES string of the molecule is ClCc1nc(CCl)nc(CCl)n1.ClCc1nc(CCl)nc(CCl)n1. The van der Waals surface area contributed by atoms with E-state index in [-0.39, 0.29) is 35.3 Å². The van der Waals surface area contributed by atoms with Gasteiger partial charge in [0.15, 0.2) is 0 Å². The minimum absolute atomic E-state index is 0.246. The van der Waals surface area contributed by atoms with E-state index in [1.807, 2.05) is 0 Å². The summed E-state index contributed by atoms with van der Waals surface area (Å²) in [5, 5.41) is 0. The molecule has 0 aliphatic rings. The van der Waals surface area contributed by atoms with Crippen LogP contribution in [0.2, 0.25) is 0 Å². The second kappa shape index (κ2) is 12.2. The summed E-state index contributed by atoms with van der Waals surface area (Å²) in [5.41, 5.74) is 0. The first-order valence-electron chi connectivity index (χ1n) is 6.41. The third-order valence-corrected chi connectivity index (χ3v) is 3.70. The molecule has 0 amide bonds. The Labute approximate surface area is 169 Å². The average Bonchev–Trinajstić information content (AvgIpc) is 2.67. The van der Waals surface area contributed by atoms with Crippen molar-refractivity contribution in [2.24, 2.45) is 0 Å². The summed E-state index contributed by atoms with van der Waals surface area (Å²) in [5.74, 6) is 4.55. The first kappa shape index (κ1) is 21.8. The van der Waals surface area contributed by atoms with Crippen molar-refractivity contribution in [3.63, 3.8) is 0 Å². The highest BCUT2D eigenvalue weighted by Crippen LogP contribution is 2.04. The lowest BCUT2D eigenvalue weighted by Gasteiger charge is -2.00. The molecule has 24 heavy (non-hydrogen) atoms. The maximum atomic E-state index is 5.55. The number of halogens is 6. The van der Waals surface area contributed by atoms with Gasteiger partial charge in [-0.3, -0.25) is 0 Å². The monoisotopic (exact) mass is 450 g/mol. The first-order valence-corrected chi connectivity index (χ1v) is 9.62. The Morgan fingerprint density at radius 1 is 0.333 bits per heavy atom. The van der Waals surface area contributed by atoms with Crippen LogP contribution in [0.3, 0.4) is 0 Å². The third-order valence-electron chi connectivity index (χ3n) is 2.27. The lowest BCUT2D eigenvalue weighted by Crippen LogP contribution is -2.04. The third kappa shape index (κ3) is 7.33. The van der Waals surface area contributed by atoms with Crippen molar-refractivity contribution >= 4 is 69.6 Å². The summed E-state index contributed by atoms with van der Waals surface area (Å²) in [6.07, 6.45) is 0. The summed E-state index contributed by atoms with van der Waals surface area (Å²) in [6, 6.07) is 0. The van der Waals surface area contributed by atoms with Crippen LogP contribution >= 0.6 is 69.6 Å². The minimum atomic E-state index is 0.246. The molecule has 0 aliphatic carbocycles. The molecule has 0 aliphatic heterocycles. The van der Waals surface area contributed by atoms with Crippen LogP contribution in [0, 0.1) is 0 Å². The highest BCUT2D eigenvalue weighted by Gasteiger charge is 2.04. The fourth-order valence-corrected chi connectivity index (χ4v) is 2.12. The van der Waals surface area contributed by atoms with Gasteiger partial charge >= 0.3 is 0 Å². The van der Waals surface area contributed by atoms with Crippen LogP contribution in [-0.4, -0.2) is 29.9 Å². The maximum Gasteiger partial charge on any atom is 0.147 e. The molecule has 2 aromatic rings. The fourth-order valence-electron chi connectivity index (χ4n) is 1.40. The van der Waals surface area contributed by atoms with Gasteiger partial charge in [-0.25, -0.2) is 29.9 Å². The van der Waals surface area contributed by atoms with E-state index in [1.165, 1.54) is 0 Å². The van der Waals surface area contributed by atoms with Crippen LogP contribution in [0.25, 0.3) is 0 Å². The molecule has 0 N–H and O–H groups in total. The van der Waals surface area contributed by atoms with E-state index in [4.69, 9.17) is 69.6 Å². The zero-order valence-electron chi connectivity index (χ0n) is 12.2. The van der Waals surface area contributed by atoms with Gasteiger partial charge in [0.05, 0.1) is 35.3 Å². The summed E-state index contributed by atoms with van der Waals surface area (Å²) in [4.78, 5) is 23.8. The molecule has 0 unspecified atom stereocenters. The Morgan fingerprint density at radius 3 is 0.542 bits per heavy atom. The van der Waals surface area contributed by atoms with Gasteiger partial charge in [0.2, 0.25) is 0 Å². The van der Waals surface area contributed by atoms with Crippen molar-refractivity contribution in [3.8, 4) is 0 Å². The Hall–Kier alpha value is -0.240. The molecule has 0 bridgehead atoms. The van der Waals surface area contributed by atoms with Crippen molar-refractivity contribution in [1.82, 2.24) is 29.9 Å². The smallest absolute Gasteiger partial charge is 0.147 e. The maximum absolute atomic E-state index is 5.55. The summed E-state index contributed by atoms with van der Waals surface area (Å²) in [6.45, 7) is 0. The van der Waals surface area contributed by atoms with Crippen molar-refractivity contribution < 1.29 is 0 Å². The van der Waals surface area contributed by atoms with E-state index in [0.29, 0.717) is 34.9 Å². The van der Waals surface area contributed by atoms with Gasteiger partial charge in [0, 0.05) is 0 Å². The Balaban J connectivity index is 0.000000240. The topological polar surface area (TPSA) is 77.3 Å². The van der Waals surface area contributed by atoms with Gasteiger partial charge < -0.3 is 0 Å². The zero-order valence-corrected chi connectivity index (χ0v) is 16.7. The van der Waals surface area contributed by atoms with Gasteiger partial charge in [-0.05, 0) is 0 Å². The first-order chi connectivity index (χ1) is 11.6. The van der Waals surface area contributed by atoms with E-state index in [2.05, 4.69) is 29.9 Å². The zero-order chi connectivity index (χ0) is 17.9. The van der Waals surface area contributed by atoms with E-state index < -0.39 is 0 Å². The molecule has 0 fully saturated rings. The summed E-state index contributed by atoms with van der Waals surface area (Å²) >= 11 is 33.3. The lowest BCUT2D eigenvalue weighted by molar-refractivity contribution is 0.848. The lowest BCUT2D eigenvalue weighted by atomic mass is 10.5.